The van der Waals surface area contributed by atoms with Crippen LogP contribution >= 0.6 is 12.4 Å². The second-order valence-electron chi connectivity index (χ2n) is 6.12. The Hall–Kier alpha value is -1.06. The molecular weight excluding hydrogens is 284 g/mol. The summed E-state index contributed by atoms with van der Waals surface area (Å²) in [5.74, 6) is 0.639. The van der Waals surface area contributed by atoms with Gasteiger partial charge in [0.1, 0.15) is 0 Å². The highest BCUT2D eigenvalue weighted by Crippen LogP contribution is 2.31. The van der Waals surface area contributed by atoms with Crippen LogP contribution in [0, 0.1) is 25.7 Å². The van der Waals surface area contributed by atoms with Crippen molar-refractivity contribution in [1.82, 2.24) is 5.32 Å². The van der Waals surface area contributed by atoms with Gasteiger partial charge in [-0.2, -0.15) is 0 Å². The van der Waals surface area contributed by atoms with Crippen LogP contribution in [-0.2, 0) is 4.79 Å². The van der Waals surface area contributed by atoms with Crippen LogP contribution in [0.4, 0.5) is 0 Å². The molecular formula is C17H27ClN2O. The van der Waals surface area contributed by atoms with E-state index in [1.54, 1.807) is 0 Å². The van der Waals surface area contributed by atoms with Gasteiger partial charge in [-0.15, -0.1) is 12.4 Å². The van der Waals surface area contributed by atoms with Crippen LogP contribution in [-0.4, -0.2) is 12.5 Å². The maximum atomic E-state index is 12.4. The maximum absolute atomic E-state index is 12.4. The van der Waals surface area contributed by atoms with Crippen molar-refractivity contribution < 1.29 is 4.79 Å². The molecule has 1 amide bonds. The average Bonchev–Trinajstić information content (AvgIpc) is 2.86. The number of nitrogens with one attached hydrogen (secondary N) is 1. The van der Waals surface area contributed by atoms with Crippen LogP contribution in [0.5, 0.6) is 0 Å². The first-order valence-corrected chi connectivity index (χ1v) is 7.60. The molecule has 0 spiro atoms. The molecule has 3 nitrogen and oxygen atoms in total. The minimum absolute atomic E-state index is 0. The lowest BCUT2D eigenvalue weighted by molar-refractivity contribution is -0.126. The number of hydrogen-bond donors (Lipinski definition) is 2. The molecule has 1 aliphatic carbocycles. The number of carbonyl (C=O) groups excluding carboxylic acids is 1. The molecule has 0 bridgehead atoms. The summed E-state index contributed by atoms with van der Waals surface area (Å²) in [5, 5.41) is 3.17. The fourth-order valence-electron chi connectivity index (χ4n) is 3.37. The first kappa shape index (κ1) is 18.0. The molecule has 4 heteroatoms. The smallest absolute Gasteiger partial charge is 0.223 e. The highest BCUT2D eigenvalue weighted by molar-refractivity contribution is 5.85. The Bertz CT molecular complexity index is 490. The van der Waals surface area contributed by atoms with E-state index in [1.165, 1.54) is 16.7 Å². The van der Waals surface area contributed by atoms with Gasteiger partial charge < -0.3 is 11.1 Å². The van der Waals surface area contributed by atoms with Crippen molar-refractivity contribution in [3.63, 3.8) is 0 Å². The number of benzene rings is 1. The van der Waals surface area contributed by atoms with Gasteiger partial charge in [0.25, 0.3) is 0 Å². The van der Waals surface area contributed by atoms with Gasteiger partial charge in [-0.05, 0) is 57.2 Å². The third kappa shape index (κ3) is 4.21. The standard InChI is InChI=1S/C17H26N2O.ClH/c1-11-7-8-15(12(2)9-11)13(3)19-17(20)16-6-4-5-14(16)10-18;/h7-9,13-14,16H,4-6,10,18H2,1-3H3,(H,19,20);1H/t13?,14-,16-;/m1./s1. The molecule has 0 radical (unpaired) electrons. The summed E-state index contributed by atoms with van der Waals surface area (Å²) in [6.07, 6.45) is 3.19. The zero-order valence-corrected chi connectivity index (χ0v) is 14.0. The summed E-state index contributed by atoms with van der Waals surface area (Å²) in [5.41, 5.74) is 9.45. The topological polar surface area (TPSA) is 55.1 Å². The van der Waals surface area contributed by atoms with E-state index in [9.17, 15) is 4.79 Å². The largest absolute Gasteiger partial charge is 0.349 e. The number of rotatable bonds is 4. The second kappa shape index (κ2) is 7.81. The van der Waals surface area contributed by atoms with E-state index in [0.717, 1.165) is 19.3 Å². The van der Waals surface area contributed by atoms with Crippen molar-refractivity contribution in [3.8, 4) is 0 Å². The van der Waals surface area contributed by atoms with Crippen molar-refractivity contribution in [2.24, 2.45) is 17.6 Å². The third-order valence-electron chi connectivity index (χ3n) is 4.55. The molecule has 0 heterocycles. The zero-order chi connectivity index (χ0) is 14.7. The summed E-state index contributed by atoms with van der Waals surface area (Å²) in [7, 11) is 0. The number of nitrogens with two attached hydrogens (primary N) is 1. The van der Waals surface area contributed by atoms with Gasteiger partial charge in [-0.1, -0.05) is 30.2 Å². The van der Waals surface area contributed by atoms with Gasteiger partial charge in [-0.25, -0.2) is 0 Å². The molecule has 3 atom stereocenters. The lowest BCUT2D eigenvalue weighted by Gasteiger charge is -2.22. The molecule has 1 aromatic carbocycles. The van der Waals surface area contributed by atoms with Crippen LogP contribution < -0.4 is 11.1 Å². The molecule has 1 saturated carbocycles. The highest BCUT2D eigenvalue weighted by Gasteiger charge is 2.32. The van der Waals surface area contributed by atoms with Crippen molar-refractivity contribution in [2.75, 3.05) is 6.54 Å². The Kier molecular flexibility index (Phi) is 6.69. The lowest BCUT2D eigenvalue weighted by Crippen LogP contribution is -2.36. The normalized spacial score (nSPS) is 22.5. The number of aryl methyl sites for hydroxylation is 2. The minimum Gasteiger partial charge on any atom is -0.349 e. The molecule has 0 saturated heterocycles. The molecule has 1 unspecified atom stereocenters. The van der Waals surface area contributed by atoms with Crippen molar-refractivity contribution in [3.05, 3.63) is 34.9 Å². The fourth-order valence-corrected chi connectivity index (χ4v) is 3.37. The zero-order valence-electron chi connectivity index (χ0n) is 13.2. The predicted molar refractivity (Wildman–Crippen MR) is 89.6 cm³/mol. The first-order chi connectivity index (χ1) is 9.52. The van der Waals surface area contributed by atoms with Gasteiger partial charge in [0.2, 0.25) is 5.91 Å². The Morgan fingerprint density at radius 2 is 2.10 bits per heavy atom. The van der Waals surface area contributed by atoms with Crippen molar-refractivity contribution in [1.29, 1.82) is 0 Å². The summed E-state index contributed by atoms with van der Waals surface area (Å²) < 4.78 is 0. The van der Waals surface area contributed by atoms with Gasteiger partial charge in [0, 0.05) is 5.92 Å². The predicted octanol–water partition coefficient (Wildman–Crippen LogP) is 3.28. The Morgan fingerprint density at radius 3 is 2.71 bits per heavy atom. The average molecular weight is 311 g/mol. The minimum atomic E-state index is 0. The number of amides is 1. The molecule has 0 aliphatic heterocycles. The number of carbonyl (C=O) groups is 1. The molecule has 3 N–H and O–H groups in total. The van der Waals surface area contributed by atoms with Crippen LogP contribution in [0.15, 0.2) is 18.2 Å². The van der Waals surface area contributed by atoms with E-state index in [2.05, 4.69) is 44.3 Å². The van der Waals surface area contributed by atoms with Crippen molar-refractivity contribution in [2.45, 2.75) is 46.1 Å². The molecule has 1 aromatic rings. The molecule has 118 valence electrons. The van der Waals surface area contributed by atoms with E-state index in [1.807, 2.05) is 0 Å². The number of hydrogen-bond acceptors (Lipinski definition) is 2. The maximum Gasteiger partial charge on any atom is 0.223 e. The first-order valence-electron chi connectivity index (χ1n) is 7.60. The van der Waals surface area contributed by atoms with E-state index in [-0.39, 0.29) is 30.3 Å². The van der Waals surface area contributed by atoms with Gasteiger partial charge in [-0.3, -0.25) is 4.79 Å². The Morgan fingerprint density at radius 1 is 1.38 bits per heavy atom. The van der Waals surface area contributed by atoms with Crippen LogP contribution in [0.1, 0.15) is 48.9 Å². The van der Waals surface area contributed by atoms with Gasteiger partial charge >= 0.3 is 0 Å². The van der Waals surface area contributed by atoms with Crippen LogP contribution in [0.3, 0.4) is 0 Å². The summed E-state index contributed by atoms with van der Waals surface area (Å²) in [6, 6.07) is 6.44. The van der Waals surface area contributed by atoms with Gasteiger partial charge in [0.15, 0.2) is 0 Å². The molecule has 1 aliphatic rings. The third-order valence-corrected chi connectivity index (χ3v) is 4.55. The second-order valence-corrected chi connectivity index (χ2v) is 6.12. The molecule has 2 rings (SSSR count). The van der Waals surface area contributed by atoms with E-state index < -0.39 is 0 Å². The lowest BCUT2D eigenvalue weighted by atomic mass is 9.94. The highest BCUT2D eigenvalue weighted by atomic mass is 35.5. The SMILES string of the molecule is Cc1ccc(C(C)NC(=O)[C@@H]2CCC[C@@H]2CN)c(C)c1.Cl. The Balaban J connectivity index is 0.00000220. The fraction of sp³-hybridized carbons (Fsp3) is 0.588. The summed E-state index contributed by atoms with van der Waals surface area (Å²) >= 11 is 0. The quantitative estimate of drug-likeness (QED) is 0.896. The van der Waals surface area contributed by atoms with E-state index >= 15 is 0 Å². The number of halogens is 1. The molecule has 21 heavy (non-hydrogen) atoms. The monoisotopic (exact) mass is 310 g/mol. The van der Waals surface area contributed by atoms with E-state index in [4.69, 9.17) is 5.73 Å². The van der Waals surface area contributed by atoms with Crippen LogP contribution in [0.2, 0.25) is 0 Å². The van der Waals surface area contributed by atoms with Gasteiger partial charge in [0.05, 0.1) is 6.04 Å². The van der Waals surface area contributed by atoms with Crippen molar-refractivity contribution >= 4 is 18.3 Å². The van der Waals surface area contributed by atoms with E-state index in [0.29, 0.717) is 12.5 Å². The molecule has 1 fully saturated rings. The summed E-state index contributed by atoms with van der Waals surface area (Å²) in [4.78, 5) is 12.4. The molecule has 0 aromatic heterocycles. The van der Waals surface area contributed by atoms with Crippen LogP contribution in [0.25, 0.3) is 0 Å². The summed E-state index contributed by atoms with van der Waals surface area (Å²) in [6.45, 7) is 6.87. The Labute approximate surface area is 134 Å².